The largest absolute Gasteiger partial charge is 0.378 e. The number of unbranched alkanes of at least 4 members (excludes halogenated alkanes) is 4. The van der Waals surface area contributed by atoms with Gasteiger partial charge in [0.25, 0.3) is 5.92 Å². The summed E-state index contributed by atoms with van der Waals surface area (Å²) in [5.74, 6) is -2.44. The van der Waals surface area contributed by atoms with Crippen LogP contribution in [-0.4, -0.2) is 43.2 Å². The van der Waals surface area contributed by atoms with Crippen LogP contribution in [0.15, 0.2) is 0 Å². The molecule has 114 valence electrons. The summed E-state index contributed by atoms with van der Waals surface area (Å²) in [5, 5.41) is 0. The number of hydrogen-bond acceptors (Lipinski definition) is 2. The molecule has 0 radical (unpaired) electrons. The van der Waals surface area contributed by atoms with Gasteiger partial charge in [-0.2, -0.15) is 0 Å². The van der Waals surface area contributed by atoms with Crippen LogP contribution in [0.25, 0.3) is 0 Å². The summed E-state index contributed by atoms with van der Waals surface area (Å²) >= 11 is 0. The maximum atomic E-state index is 12.6. The molecule has 0 bridgehead atoms. The minimum atomic E-state index is -2.44. The van der Waals surface area contributed by atoms with E-state index in [-0.39, 0.29) is 13.1 Å². The van der Waals surface area contributed by atoms with Gasteiger partial charge >= 0.3 is 0 Å². The Hall–Kier alpha value is -0.220. The molecule has 4 heteroatoms. The molecule has 1 atom stereocenters. The molecule has 1 fully saturated rings. The molecule has 0 aromatic heterocycles. The number of ether oxygens (including phenoxy) is 1. The highest BCUT2D eigenvalue weighted by Gasteiger charge is 2.43. The molecule has 0 amide bonds. The highest BCUT2D eigenvalue weighted by atomic mass is 19.3. The average Bonchev–Trinajstić information content (AvgIpc) is 2.32. The molecule has 1 saturated heterocycles. The Balaban J connectivity index is 1.84. The van der Waals surface area contributed by atoms with Crippen LogP contribution in [0.3, 0.4) is 0 Å². The first-order valence-corrected chi connectivity index (χ1v) is 7.75. The van der Waals surface area contributed by atoms with Crippen molar-refractivity contribution >= 4 is 0 Å². The number of halogens is 2. The molecule has 1 aliphatic rings. The number of nitrogens with zero attached hydrogens (tertiary/aromatic N) is 1. The van der Waals surface area contributed by atoms with Gasteiger partial charge < -0.3 is 4.74 Å². The molecular formula is C15H29F2NO. The minimum Gasteiger partial charge on any atom is -0.378 e. The Labute approximate surface area is 116 Å². The molecule has 0 aliphatic carbocycles. The van der Waals surface area contributed by atoms with Gasteiger partial charge in [0, 0.05) is 13.2 Å². The van der Waals surface area contributed by atoms with E-state index in [1.165, 1.54) is 32.1 Å². The van der Waals surface area contributed by atoms with E-state index < -0.39 is 5.92 Å². The predicted octanol–water partition coefficient (Wildman–Crippen LogP) is 4.09. The second-order valence-corrected chi connectivity index (χ2v) is 5.80. The standard InChI is InChI=1S/C15H29F2NO/c1-3-4-5-6-7-9-14(2)19-11-8-10-18-12-15(16,17)13-18/h14H,3-13H2,1-2H3. The van der Waals surface area contributed by atoms with Crippen LogP contribution in [0.1, 0.15) is 58.8 Å². The maximum Gasteiger partial charge on any atom is 0.272 e. The van der Waals surface area contributed by atoms with Crippen LogP contribution in [0, 0.1) is 0 Å². The Bertz CT molecular complexity index is 228. The summed E-state index contributed by atoms with van der Waals surface area (Å²) < 4.78 is 30.9. The van der Waals surface area contributed by atoms with Gasteiger partial charge in [0.05, 0.1) is 19.2 Å². The Morgan fingerprint density at radius 3 is 2.42 bits per heavy atom. The summed E-state index contributed by atoms with van der Waals surface area (Å²) in [6.07, 6.45) is 8.74. The molecule has 1 aliphatic heterocycles. The van der Waals surface area contributed by atoms with E-state index in [1.807, 2.05) is 0 Å². The Kier molecular flexibility index (Phi) is 7.84. The van der Waals surface area contributed by atoms with Crippen molar-refractivity contribution in [1.29, 1.82) is 0 Å². The molecule has 1 unspecified atom stereocenters. The highest BCUT2D eigenvalue weighted by Crippen LogP contribution is 2.26. The lowest BCUT2D eigenvalue weighted by atomic mass is 10.1. The molecule has 2 nitrogen and oxygen atoms in total. The predicted molar refractivity (Wildman–Crippen MR) is 74.8 cm³/mol. The first kappa shape index (κ1) is 16.8. The molecule has 0 spiro atoms. The SMILES string of the molecule is CCCCCCCC(C)OCCCN1CC(F)(F)C1. The topological polar surface area (TPSA) is 12.5 Å². The first-order valence-electron chi connectivity index (χ1n) is 7.75. The van der Waals surface area contributed by atoms with Crippen molar-refractivity contribution in [3.8, 4) is 0 Å². The maximum absolute atomic E-state index is 12.6. The molecule has 0 saturated carbocycles. The zero-order chi connectivity index (χ0) is 14.1. The minimum absolute atomic E-state index is 0.0695. The summed E-state index contributed by atoms with van der Waals surface area (Å²) in [5.41, 5.74) is 0. The second-order valence-electron chi connectivity index (χ2n) is 5.80. The molecule has 1 rings (SSSR count). The van der Waals surface area contributed by atoms with Crippen molar-refractivity contribution in [2.24, 2.45) is 0 Å². The lowest BCUT2D eigenvalue weighted by Gasteiger charge is -2.38. The number of hydrogen-bond donors (Lipinski definition) is 0. The number of likely N-dealkylation sites (tertiary alicyclic amines) is 1. The molecule has 0 N–H and O–H groups in total. The quantitative estimate of drug-likeness (QED) is 0.527. The molecule has 1 heterocycles. The van der Waals surface area contributed by atoms with Crippen LogP contribution in [0.2, 0.25) is 0 Å². The smallest absolute Gasteiger partial charge is 0.272 e. The van der Waals surface area contributed by atoms with E-state index in [2.05, 4.69) is 13.8 Å². The van der Waals surface area contributed by atoms with Gasteiger partial charge in [-0.3, -0.25) is 4.90 Å². The lowest BCUT2D eigenvalue weighted by molar-refractivity contribution is -0.131. The van der Waals surface area contributed by atoms with Gasteiger partial charge in [0.15, 0.2) is 0 Å². The molecule has 0 aromatic rings. The zero-order valence-electron chi connectivity index (χ0n) is 12.5. The number of alkyl halides is 2. The van der Waals surface area contributed by atoms with E-state index in [0.717, 1.165) is 19.4 Å². The fraction of sp³-hybridized carbons (Fsp3) is 1.00. The molecular weight excluding hydrogens is 248 g/mol. The van der Waals surface area contributed by atoms with Crippen LogP contribution in [0.4, 0.5) is 8.78 Å². The summed E-state index contributed by atoms with van der Waals surface area (Å²) in [6, 6.07) is 0. The number of rotatable bonds is 11. The van der Waals surface area contributed by atoms with Crippen LogP contribution < -0.4 is 0 Å². The molecule has 19 heavy (non-hydrogen) atoms. The van der Waals surface area contributed by atoms with Gasteiger partial charge in [0.1, 0.15) is 0 Å². The van der Waals surface area contributed by atoms with Gasteiger partial charge in [0.2, 0.25) is 0 Å². The average molecular weight is 277 g/mol. The fourth-order valence-corrected chi connectivity index (χ4v) is 2.46. The summed E-state index contributed by atoms with van der Waals surface area (Å²) in [7, 11) is 0. The normalized spacial score (nSPS) is 20.2. The fourth-order valence-electron chi connectivity index (χ4n) is 2.46. The van der Waals surface area contributed by atoms with Crippen LogP contribution in [0.5, 0.6) is 0 Å². The van der Waals surface area contributed by atoms with E-state index in [1.54, 1.807) is 4.90 Å². The molecule has 0 aromatic carbocycles. The van der Waals surface area contributed by atoms with Crippen molar-refractivity contribution in [2.45, 2.75) is 70.8 Å². The van der Waals surface area contributed by atoms with Crippen LogP contribution >= 0.6 is 0 Å². The van der Waals surface area contributed by atoms with Gasteiger partial charge in [-0.05, 0) is 19.8 Å². The summed E-state index contributed by atoms with van der Waals surface area (Å²) in [4.78, 5) is 1.79. The second kappa shape index (κ2) is 8.85. The van der Waals surface area contributed by atoms with Gasteiger partial charge in [-0.25, -0.2) is 8.78 Å². The van der Waals surface area contributed by atoms with Crippen molar-refractivity contribution in [3.63, 3.8) is 0 Å². The zero-order valence-corrected chi connectivity index (χ0v) is 12.5. The van der Waals surface area contributed by atoms with E-state index in [9.17, 15) is 8.78 Å². The van der Waals surface area contributed by atoms with Crippen molar-refractivity contribution in [3.05, 3.63) is 0 Å². The summed E-state index contributed by atoms with van der Waals surface area (Å²) in [6.45, 7) is 5.62. The van der Waals surface area contributed by atoms with E-state index >= 15 is 0 Å². The van der Waals surface area contributed by atoms with Crippen molar-refractivity contribution in [1.82, 2.24) is 4.90 Å². The first-order chi connectivity index (χ1) is 9.03. The third-order valence-electron chi connectivity index (χ3n) is 3.65. The lowest BCUT2D eigenvalue weighted by Crippen LogP contribution is -2.56. The van der Waals surface area contributed by atoms with Crippen LogP contribution in [-0.2, 0) is 4.74 Å². The van der Waals surface area contributed by atoms with Crippen molar-refractivity contribution in [2.75, 3.05) is 26.2 Å². The Morgan fingerprint density at radius 1 is 1.11 bits per heavy atom. The highest BCUT2D eigenvalue weighted by molar-refractivity contribution is 4.86. The van der Waals surface area contributed by atoms with E-state index in [4.69, 9.17) is 4.74 Å². The van der Waals surface area contributed by atoms with Gasteiger partial charge in [-0.1, -0.05) is 39.0 Å². The monoisotopic (exact) mass is 277 g/mol. The van der Waals surface area contributed by atoms with Gasteiger partial charge in [-0.15, -0.1) is 0 Å². The van der Waals surface area contributed by atoms with Crippen molar-refractivity contribution < 1.29 is 13.5 Å². The third-order valence-corrected chi connectivity index (χ3v) is 3.65. The Morgan fingerprint density at radius 2 is 1.79 bits per heavy atom. The van der Waals surface area contributed by atoms with E-state index in [0.29, 0.717) is 12.7 Å². The third kappa shape index (κ3) is 7.83.